The molecule has 2 heterocycles. The van der Waals surface area contributed by atoms with Crippen LogP contribution in [0.4, 0.5) is 4.39 Å². The molecule has 1 aliphatic carbocycles. The number of benzene rings is 1. The number of aromatic nitrogens is 1. The Bertz CT molecular complexity index is 1010. The first kappa shape index (κ1) is 19.7. The molecule has 0 radical (unpaired) electrons. The SMILES string of the molecule is CCOc1c(C2CC2)c(F)cc2c(=O)c(C(=O)OC(C)N)cn(N3CCCC3)c12. The summed E-state index contributed by atoms with van der Waals surface area (Å²) in [5.74, 6) is -0.775. The van der Waals surface area contributed by atoms with Crippen molar-refractivity contribution < 1.29 is 18.7 Å². The van der Waals surface area contributed by atoms with Gasteiger partial charge in [0.25, 0.3) is 0 Å². The molecule has 156 valence electrons. The van der Waals surface area contributed by atoms with Crippen LogP contribution >= 0.6 is 0 Å². The molecule has 1 aromatic carbocycles. The lowest BCUT2D eigenvalue weighted by Gasteiger charge is -2.26. The van der Waals surface area contributed by atoms with Crippen LogP contribution in [-0.2, 0) is 4.74 Å². The molecule has 0 spiro atoms. The highest BCUT2D eigenvalue weighted by Crippen LogP contribution is 2.48. The second-order valence-corrected chi connectivity index (χ2v) is 7.69. The minimum atomic E-state index is -0.856. The maximum Gasteiger partial charge on any atom is 0.345 e. The number of rotatable bonds is 6. The first-order valence-corrected chi connectivity index (χ1v) is 10.2. The Morgan fingerprint density at radius 3 is 2.62 bits per heavy atom. The van der Waals surface area contributed by atoms with Crippen LogP contribution < -0.4 is 20.9 Å². The van der Waals surface area contributed by atoms with Gasteiger partial charge in [0.1, 0.15) is 23.1 Å². The smallest absolute Gasteiger partial charge is 0.345 e. The standard InChI is InChI=1S/C21H26FN3O4/c1-3-28-20-17(13-6-7-13)16(22)10-14-18(20)25(24-8-4-5-9-24)11-15(19(14)26)21(27)29-12(2)23/h10-13H,3-9,23H2,1-2H3. The van der Waals surface area contributed by atoms with Gasteiger partial charge in [0.2, 0.25) is 5.43 Å². The maximum absolute atomic E-state index is 15.0. The number of hydrogen-bond acceptors (Lipinski definition) is 6. The maximum atomic E-state index is 15.0. The van der Waals surface area contributed by atoms with E-state index in [4.69, 9.17) is 15.2 Å². The van der Waals surface area contributed by atoms with Crippen molar-refractivity contribution >= 4 is 16.9 Å². The van der Waals surface area contributed by atoms with E-state index in [0.29, 0.717) is 23.4 Å². The van der Waals surface area contributed by atoms with Gasteiger partial charge in [-0.1, -0.05) is 0 Å². The Kier molecular flexibility index (Phi) is 5.21. The Morgan fingerprint density at radius 2 is 2.03 bits per heavy atom. The van der Waals surface area contributed by atoms with Crippen molar-refractivity contribution in [2.45, 2.75) is 51.7 Å². The molecule has 4 rings (SSSR count). The molecule has 2 aliphatic rings. The van der Waals surface area contributed by atoms with Crippen LogP contribution in [0.15, 0.2) is 17.1 Å². The number of carbonyl (C=O) groups excluding carboxylic acids is 1. The second-order valence-electron chi connectivity index (χ2n) is 7.69. The Labute approximate surface area is 168 Å². The summed E-state index contributed by atoms with van der Waals surface area (Å²) in [7, 11) is 0. The van der Waals surface area contributed by atoms with Gasteiger partial charge in [-0.15, -0.1) is 0 Å². The minimum absolute atomic E-state index is 0.103. The van der Waals surface area contributed by atoms with Gasteiger partial charge in [-0.25, -0.2) is 9.18 Å². The quantitative estimate of drug-likeness (QED) is 0.589. The molecule has 2 aromatic rings. The molecule has 7 nitrogen and oxygen atoms in total. The fraction of sp³-hybridized carbons (Fsp3) is 0.524. The van der Waals surface area contributed by atoms with E-state index in [1.165, 1.54) is 19.2 Å². The zero-order chi connectivity index (χ0) is 20.7. The van der Waals surface area contributed by atoms with Crippen molar-refractivity contribution in [1.82, 2.24) is 4.68 Å². The van der Waals surface area contributed by atoms with Gasteiger partial charge in [-0.05, 0) is 51.5 Å². The van der Waals surface area contributed by atoms with Gasteiger partial charge in [0.15, 0.2) is 5.75 Å². The van der Waals surface area contributed by atoms with Crippen molar-refractivity contribution in [2.24, 2.45) is 5.73 Å². The second kappa shape index (κ2) is 7.67. The van der Waals surface area contributed by atoms with E-state index in [9.17, 15) is 9.59 Å². The number of pyridine rings is 1. The summed E-state index contributed by atoms with van der Waals surface area (Å²) in [5, 5.41) is 2.16. The zero-order valence-electron chi connectivity index (χ0n) is 16.7. The monoisotopic (exact) mass is 403 g/mol. The van der Waals surface area contributed by atoms with E-state index < -0.39 is 23.4 Å². The number of nitrogens with zero attached hydrogens (tertiary/aromatic N) is 2. The number of carbonyl (C=O) groups is 1. The third kappa shape index (κ3) is 3.57. The molecule has 1 saturated heterocycles. The van der Waals surface area contributed by atoms with Crippen molar-refractivity contribution in [2.75, 3.05) is 24.7 Å². The van der Waals surface area contributed by atoms with Crippen LogP contribution in [-0.4, -0.2) is 36.6 Å². The Balaban J connectivity index is 2.03. The number of hydrogen-bond donors (Lipinski definition) is 1. The molecular formula is C21H26FN3O4. The lowest BCUT2D eigenvalue weighted by Crippen LogP contribution is -2.35. The molecule has 1 saturated carbocycles. The summed E-state index contributed by atoms with van der Waals surface area (Å²) in [6.07, 6.45) is 4.41. The molecule has 2 N–H and O–H groups in total. The topological polar surface area (TPSA) is 86.8 Å². The van der Waals surface area contributed by atoms with Crippen molar-refractivity contribution in [3.05, 3.63) is 39.4 Å². The summed E-state index contributed by atoms with van der Waals surface area (Å²) < 4.78 is 27.8. The third-order valence-corrected chi connectivity index (χ3v) is 5.39. The van der Waals surface area contributed by atoms with E-state index in [0.717, 1.165) is 38.8 Å². The van der Waals surface area contributed by atoms with Crippen molar-refractivity contribution in [1.29, 1.82) is 0 Å². The summed E-state index contributed by atoms with van der Waals surface area (Å²) in [5.41, 5.74) is 5.85. The highest BCUT2D eigenvalue weighted by Gasteiger charge is 2.34. The van der Waals surface area contributed by atoms with E-state index in [1.54, 1.807) is 4.68 Å². The molecule has 8 heteroatoms. The van der Waals surface area contributed by atoms with Gasteiger partial charge < -0.3 is 14.5 Å². The van der Waals surface area contributed by atoms with Gasteiger partial charge in [0, 0.05) is 24.8 Å². The fourth-order valence-corrected chi connectivity index (χ4v) is 3.98. The summed E-state index contributed by atoms with van der Waals surface area (Å²) in [6.45, 7) is 5.22. The predicted molar refractivity (Wildman–Crippen MR) is 108 cm³/mol. The first-order valence-electron chi connectivity index (χ1n) is 10.2. The number of fused-ring (bicyclic) bond motifs is 1. The molecule has 1 aromatic heterocycles. The number of nitrogens with two attached hydrogens (primary N) is 1. The number of esters is 1. The van der Waals surface area contributed by atoms with Gasteiger partial charge in [-0.3, -0.25) is 15.2 Å². The molecule has 29 heavy (non-hydrogen) atoms. The largest absolute Gasteiger partial charge is 0.491 e. The van der Waals surface area contributed by atoms with Crippen molar-refractivity contribution in [3.8, 4) is 5.75 Å². The average Bonchev–Trinajstić information content (AvgIpc) is 3.34. The van der Waals surface area contributed by atoms with Crippen LogP contribution in [0.3, 0.4) is 0 Å². The molecule has 0 bridgehead atoms. The highest BCUT2D eigenvalue weighted by molar-refractivity contribution is 5.96. The van der Waals surface area contributed by atoms with Crippen LogP contribution in [0, 0.1) is 5.82 Å². The zero-order valence-corrected chi connectivity index (χ0v) is 16.7. The molecule has 1 atom stereocenters. The Hall–Kier alpha value is -2.61. The van der Waals surface area contributed by atoms with Crippen LogP contribution in [0.5, 0.6) is 5.75 Å². The van der Waals surface area contributed by atoms with Crippen molar-refractivity contribution in [3.63, 3.8) is 0 Å². The summed E-state index contributed by atoms with van der Waals surface area (Å²) in [6, 6.07) is 1.24. The third-order valence-electron chi connectivity index (χ3n) is 5.39. The Morgan fingerprint density at radius 1 is 1.34 bits per heavy atom. The van der Waals surface area contributed by atoms with Crippen LogP contribution in [0.2, 0.25) is 0 Å². The summed E-state index contributed by atoms with van der Waals surface area (Å²) in [4.78, 5) is 25.6. The van der Waals surface area contributed by atoms with Crippen LogP contribution in [0.25, 0.3) is 10.9 Å². The minimum Gasteiger partial charge on any atom is -0.491 e. The van der Waals surface area contributed by atoms with E-state index in [-0.39, 0.29) is 16.9 Å². The van der Waals surface area contributed by atoms with Gasteiger partial charge in [0.05, 0.1) is 12.0 Å². The first-order chi connectivity index (χ1) is 13.9. The molecule has 1 aliphatic heterocycles. The number of halogens is 1. The average molecular weight is 403 g/mol. The molecular weight excluding hydrogens is 377 g/mol. The lowest BCUT2D eigenvalue weighted by molar-refractivity contribution is 0.0353. The normalized spacial score (nSPS) is 17.6. The van der Waals surface area contributed by atoms with E-state index >= 15 is 4.39 Å². The van der Waals surface area contributed by atoms with Gasteiger partial charge >= 0.3 is 5.97 Å². The number of ether oxygens (including phenoxy) is 2. The lowest BCUT2D eigenvalue weighted by atomic mass is 10.0. The fourth-order valence-electron chi connectivity index (χ4n) is 3.98. The van der Waals surface area contributed by atoms with E-state index in [1.807, 2.05) is 11.9 Å². The molecule has 1 unspecified atom stereocenters. The van der Waals surface area contributed by atoms with Gasteiger partial charge in [-0.2, -0.15) is 0 Å². The summed E-state index contributed by atoms with van der Waals surface area (Å²) >= 11 is 0. The predicted octanol–water partition coefficient (Wildman–Crippen LogP) is 2.61. The van der Waals surface area contributed by atoms with E-state index in [2.05, 4.69) is 0 Å². The molecule has 0 amide bonds. The highest BCUT2D eigenvalue weighted by atomic mass is 19.1. The van der Waals surface area contributed by atoms with Crippen LogP contribution in [0.1, 0.15) is 61.4 Å². The molecule has 2 fully saturated rings.